The van der Waals surface area contributed by atoms with Crippen LogP contribution in [-0.4, -0.2) is 54.0 Å². The average molecular weight is 360 g/mol. The van der Waals surface area contributed by atoms with Crippen molar-refractivity contribution >= 4 is 28.5 Å². The molecule has 1 amide bonds. The molecule has 0 aliphatic carbocycles. The van der Waals surface area contributed by atoms with Crippen molar-refractivity contribution in [1.29, 1.82) is 0 Å². The zero-order valence-corrected chi connectivity index (χ0v) is 12.6. The monoisotopic (exact) mass is 360 g/mol. The normalized spacial score (nSPS) is 17.6. The lowest BCUT2D eigenvalue weighted by Gasteiger charge is -2.20. The number of carbonyl (C=O) groups excluding carboxylic acids is 1. The number of carbonyl (C=O) groups is 1. The molecule has 0 bridgehead atoms. The van der Waals surface area contributed by atoms with E-state index >= 15 is 0 Å². The second-order valence-electron chi connectivity index (χ2n) is 4.62. The summed E-state index contributed by atoms with van der Waals surface area (Å²) in [7, 11) is 2.07. The van der Waals surface area contributed by atoms with Crippen LogP contribution in [0.15, 0.2) is 18.2 Å². The molecule has 1 heterocycles. The average Bonchev–Trinajstić information content (AvgIpc) is 2.57. The number of benzene rings is 1. The summed E-state index contributed by atoms with van der Waals surface area (Å²) in [5.41, 5.74) is 0.567. The summed E-state index contributed by atoms with van der Waals surface area (Å²) in [6.45, 7) is 3.47. The number of rotatable bonds is 1. The van der Waals surface area contributed by atoms with Gasteiger partial charge in [-0.05, 0) is 60.8 Å². The van der Waals surface area contributed by atoms with Gasteiger partial charge in [-0.25, -0.2) is 0 Å². The molecule has 5 heteroatoms. The van der Waals surface area contributed by atoms with Crippen LogP contribution in [-0.2, 0) is 0 Å². The quantitative estimate of drug-likeness (QED) is 0.777. The van der Waals surface area contributed by atoms with Crippen molar-refractivity contribution < 1.29 is 9.90 Å². The van der Waals surface area contributed by atoms with E-state index in [9.17, 15) is 9.90 Å². The molecule has 4 nitrogen and oxygen atoms in total. The second kappa shape index (κ2) is 5.88. The summed E-state index contributed by atoms with van der Waals surface area (Å²) >= 11 is 2.05. The van der Waals surface area contributed by atoms with Gasteiger partial charge in [0.1, 0.15) is 5.75 Å². The van der Waals surface area contributed by atoms with E-state index in [4.69, 9.17) is 0 Å². The summed E-state index contributed by atoms with van der Waals surface area (Å²) in [6, 6.07) is 5.10. The number of amides is 1. The summed E-state index contributed by atoms with van der Waals surface area (Å²) in [4.78, 5) is 16.4. The Kier molecular flexibility index (Phi) is 4.45. The molecular weight excluding hydrogens is 343 g/mol. The number of aromatic hydroxyl groups is 1. The number of phenols is 1. The highest BCUT2D eigenvalue weighted by molar-refractivity contribution is 14.1. The Morgan fingerprint density at radius 2 is 2.06 bits per heavy atom. The molecule has 0 radical (unpaired) electrons. The predicted molar refractivity (Wildman–Crippen MR) is 78.8 cm³/mol. The number of halogens is 1. The molecule has 0 saturated carbocycles. The van der Waals surface area contributed by atoms with Crippen molar-refractivity contribution in [2.45, 2.75) is 6.42 Å². The van der Waals surface area contributed by atoms with E-state index in [0.717, 1.165) is 36.2 Å². The highest BCUT2D eigenvalue weighted by Crippen LogP contribution is 2.21. The largest absolute Gasteiger partial charge is 0.507 e. The van der Waals surface area contributed by atoms with Gasteiger partial charge in [0.15, 0.2) is 0 Å². The minimum absolute atomic E-state index is 0.0111. The third-order valence-electron chi connectivity index (χ3n) is 3.20. The zero-order valence-electron chi connectivity index (χ0n) is 10.4. The van der Waals surface area contributed by atoms with E-state index in [2.05, 4.69) is 11.9 Å². The van der Waals surface area contributed by atoms with Crippen molar-refractivity contribution in [3.63, 3.8) is 0 Å². The summed E-state index contributed by atoms with van der Waals surface area (Å²) < 4.78 is 0.764. The molecule has 0 spiro atoms. The van der Waals surface area contributed by atoms with Gasteiger partial charge in [-0.1, -0.05) is 0 Å². The molecule has 0 aromatic heterocycles. The van der Waals surface area contributed by atoms with E-state index in [-0.39, 0.29) is 11.7 Å². The lowest BCUT2D eigenvalue weighted by molar-refractivity contribution is 0.0762. The van der Waals surface area contributed by atoms with Crippen LogP contribution in [0.3, 0.4) is 0 Å². The van der Waals surface area contributed by atoms with Gasteiger partial charge >= 0.3 is 0 Å². The Morgan fingerprint density at radius 3 is 2.78 bits per heavy atom. The maximum Gasteiger partial charge on any atom is 0.254 e. The van der Waals surface area contributed by atoms with Crippen LogP contribution in [0.4, 0.5) is 0 Å². The molecule has 0 atom stereocenters. The lowest BCUT2D eigenvalue weighted by atomic mass is 10.2. The molecule has 1 saturated heterocycles. The summed E-state index contributed by atoms with van der Waals surface area (Å²) in [5.74, 6) is 0.186. The first-order valence-electron chi connectivity index (χ1n) is 6.04. The van der Waals surface area contributed by atoms with Crippen LogP contribution in [0.25, 0.3) is 0 Å². The minimum atomic E-state index is 0.0111. The van der Waals surface area contributed by atoms with Crippen LogP contribution in [0.2, 0.25) is 0 Å². The molecule has 1 fully saturated rings. The SMILES string of the molecule is CN1CCCN(C(=O)c2ccc(I)c(O)c2)CC1. The maximum absolute atomic E-state index is 12.3. The highest BCUT2D eigenvalue weighted by Gasteiger charge is 2.19. The van der Waals surface area contributed by atoms with Gasteiger partial charge in [0.2, 0.25) is 0 Å². The lowest BCUT2D eigenvalue weighted by Crippen LogP contribution is -2.34. The third kappa shape index (κ3) is 3.14. The molecule has 0 unspecified atom stereocenters. The van der Waals surface area contributed by atoms with Crippen molar-refractivity contribution in [3.8, 4) is 5.75 Å². The fourth-order valence-electron chi connectivity index (χ4n) is 2.08. The van der Waals surface area contributed by atoms with Crippen molar-refractivity contribution in [1.82, 2.24) is 9.80 Å². The molecule has 1 aliphatic heterocycles. The maximum atomic E-state index is 12.3. The van der Waals surface area contributed by atoms with Gasteiger partial charge in [-0.2, -0.15) is 0 Å². The Balaban J connectivity index is 2.12. The molecule has 2 rings (SSSR count). The van der Waals surface area contributed by atoms with Gasteiger partial charge in [0.05, 0.1) is 3.57 Å². The van der Waals surface area contributed by atoms with E-state index < -0.39 is 0 Å². The van der Waals surface area contributed by atoms with Crippen LogP contribution in [0.5, 0.6) is 5.75 Å². The van der Waals surface area contributed by atoms with Crippen LogP contribution in [0, 0.1) is 3.57 Å². The molecule has 1 N–H and O–H groups in total. The number of likely N-dealkylation sites (N-methyl/N-ethyl adjacent to an activating group) is 1. The van der Waals surface area contributed by atoms with Gasteiger partial charge in [-0.15, -0.1) is 0 Å². The fourth-order valence-corrected chi connectivity index (χ4v) is 2.41. The highest BCUT2D eigenvalue weighted by atomic mass is 127. The van der Waals surface area contributed by atoms with Crippen LogP contribution >= 0.6 is 22.6 Å². The molecular formula is C13H17IN2O2. The van der Waals surface area contributed by atoms with E-state index in [0.29, 0.717) is 5.56 Å². The minimum Gasteiger partial charge on any atom is -0.507 e. The Labute approximate surface area is 121 Å². The number of hydrogen-bond donors (Lipinski definition) is 1. The molecule has 1 aromatic carbocycles. The number of hydrogen-bond acceptors (Lipinski definition) is 3. The van der Waals surface area contributed by atoms with Gasteiger partial charge in [-0.3, -0.25) is 4.79 Å². The fraction of sp³-hybridized carbons (Fsp3) is 0.462. The van der Waals surface area contributed by atoms with E-state index in [1.54, 1.807) is 18.2 Å². The first-order valence-corrected chi connectivity index (χ1v) is 7.12. The van der Waals surface area contributed by atoms with Crippen molar-refractivity contribution in [2.75, 3.05) is 33.2 Å². The van der Waals surface area contributed by atoms with Gasteiger partial charge < -0.3 is 14.9 Å². The Morgan fingerprint density at radius 1 is 1.28 bits per heavy atom. The smallest absolute Gasteiger partial charge is 0.254 e. The molecule has 18 heavy (non-hydrogen) atoms. The standard InChI is InChI=1S/C13H17IN2O2/c1-15-5-2-6-16(8-7-15)13(18)10-3-4-11(14)12(17)9-10/h3-4,9,17H,2,5-8H2,1H3. The van der Waals surface area contributed by atoms with E-state index in [1.165, 1.54) is 0 Å². The Bertz CT molecular complexity index is 451. The number of phenolic OH excluding ortho intramolecular Hbond substituents is 1. The summed E-state index contributed by atoms with van der Waals surface area (Å²) in [5, 5.41) is 9.66. The summed E-state index contributed by atoms with van der Waals surface area (Å²) in [6.07, 6.45) is 0.999. The molecule has 1 aromatic rings. The molecule has 1 aliphatic rings. The molecule has 98 valence electrons. The predicted octanol–water partition coefficient (Wildman–Crippen LogP) is 1.77. The Hall–Kier alpha value is -0.820. The van der Waals surface area contributed by atoms with E-state index in [1.807, 2.05) is 27.5 Å². The van der Waals surface area contributed by atoms with Gasteiger partial charge in [0.25, 0.3) is 5.91 Å². The van der Waals surface area contributed by atoms with Crippen LogP contribution in [0.1, 0.15) is 16.8 Å². The third-order valence-corrected chi connectivity index (χ3v) is 4.11. The van der Waals surface area contributed by atoms with Crippen LogP contribution < -0.4 is 0 Å². The van der Waals surface area contributed by atoms with Gasteiger partial charge in [0, 0.05) is 25.2 Å². The zero-order chi connectivity index (χ0) is 13.1. The number of nitrogens with zero attached hydrogens (tertiary/aromatic N) is 2. The van der Waals surface area contributed by atoms with Crippen molar-refractivity contribution in [2.24, 2.45) is 0 Å². The second-order valence-corrected chi connectivity index (χ2v) is 5.78. The topological polar surface area (TPSA) is 43.8 Å². The first-order chi connectivity index (χ1) is 8.58. The first kappa shape index (κ1) is 13.6. The van der Waals surface area contributed by atoms with Crippen molar-refractivity contribution in [3.05, 3.63) is 27.3 Å².